The molecule has 15 heavy (non-hydrogen) atoms. The highest BCUT2D eigenvalue weighted by Crippen LogP contribution is 2.08. The third kappa shape index (κ3) is 6.05. The average molecular weight is 204 g/mol. The fourth-order valence-electron chi connectivity index (χ4n) is 1.70. The molecule has 1 aromatic carbocycles. The summed E-state index contributed by atoms with van der Waals surface area (Å²) in [7, 11) is 0. The van der Waals surface area contributed by atoms with Gasteiger partial charge in [-0.05, 0) is 31.7 Å². The van der Waals surface area contributed by atoms with Crippen LogP contribution < -0.4 is 0 Å². The summed E-state index contributed by atoms with van der Waals surface area (Å²) < 4.78 is 0. The summed E-state index contributed by atoms with van der Waals surface area (Å²) >= 11 is 0. The van der Waals surface area contributed by atoms with Gasteiger partial charge in [-0.2, -0.15) is 0 Å². The molecule has 0 atom stereocenters. The summed E-state index contributed by atoms with van der Waals surface area (Å²) in [6, 6.07) is 10.6. The first kappa shape index (κ1) is 12.0. The van der Waals surface area contributed by atoms with Crippen molar-refractivity contribution >= 4 is 5.78 Å². The molecule has 0 spiro atoms. The Morgan fingerprint density at radius 3 is 2.33 bits per heavy atom. The monoisotopic (exact) mass is 204 g/mol. The molecule has 0 aliphatic carbocycles. The highest BCUT2D eigenvalue weighted by molar-refractivity contribution is 5.75. The van der Waals surface area contributed by atoms with Crippen molar-refractivity contribution in [3.8, 4) is 0 Å². The Balaban J connectivity index is 2.00. The number of hydrogen-bond acceptors (Lipinski definition) is 1. The van der Waals surface area contributed by atoms with E-state index in [0.29, 0.717) is 5.78 Å². The number of ketones is 1. The average Bonchev–Trinajstić information content (AvgIpc) is 2.24. The summed E-state index contributed by atoms with van der Waals surface area (Å²) in [5, 5.41) is 0. The SMILES string of the molecule is CC(=O)CCCCCCc1ccccc1. The maximum absolute atomic E-state index is 10.7. The highest BCUT2D eigenvalue weighted by Gasteiger charge is 1.95. The van der Waals surface area contributed by atoms with Crippen molar-refractivity contribution in [3.63, 3.8) is 0 Å². The summed E-state index contributed by atoms with van der Waals surface area (Å²) in [5.74, 6) is 0.318. The predicted octanol–water partition coefficient (Wildman–Crippen LogP) is 3.77. The molecule has 0 fully saturated rings. The molecule has 1 heteroatoms. The van der Waals surface area contributed by atoms with Crippen LogP contribution in [0.3, 0.4) is 0 Å². The van der Waals surface area contributed by atoms with Gasteiger partial charge in [0.25, 0.3) is 0 Å². The van der Waals surface area contributed by atoms with Gasteiger partial charge in [0, 0.05) is 6.42 Å². The van der Waals surface area contributed by atoms with E-state index in [0.717, 1.165) is 12.8 Å². The maximum Gasteiger partial charge on any atom is 0.129 e. The van der Waals surface area contributed by atoms with E-state index in [1.807, 2.05) is 0 Å². The number of carbonyl (C=O) groups is 1. The molecular formula is C14H20O. The third-order valence-electron chi connectivity index (χ3n) is 2.59. The normalized spacial score (nSPS) is 10.2. The Labute approximate surface area is 92.5 Å². The van der Waals surface area contributed by atoms with E-state index >= 15 is 0 Å². The molecule has 1 rings (SSSR count). The largest absolute Gasteiger partial charge is 0.300 e. The van der Waals surface area contributed by atoms with Crippen molar-refractivity contribution in [1.82, 2.24) is 0 Å². The summed E-state index contributed by atoms with van der Waals surface area (Å²) in [5.41, 5.74) is 1.42. The van der Waals surface area contributed by atoms with Gasteiger partial charge in [0.05, 0.1) is 0 Å². The number of aryl methyl sites for hydroxylation is 1. The van der Waals surface area contributed by atoms with Crippen LogP contribution in [0.4, 0.5) is 0 Å². The fraction of sp³-hybridized carbons (Fsp3) is 0.500. The zero-order valence-electron chi connectivity index (χ0n) is 9.54. The molecule has 0 saturated heterocycles. The number of carbonyl (C=O) groups excluding carboxylic acids is 1. The molecule has 0 N–H and O–H groups in total. The van der Waals surface area contributed by atoms with Crippen LogP contribution in [-0.4, -0.2) is 5.78 Å². The third-order valence-corrected chi connectivity index (χ3v) is 2.59. The minimum absolute atomic E-state index is 0.318. The van der Waals surface area contributed by atoms with E-state index in [9.17, 15) is 4.79 Å². The van der Waals surface area contributed by atoms with Gasteiger partial charge < -0.3 is 4.79 Å². The zero-order chi connectivity index (χ0) is 10.9. The Bertz CT molecular complexity index is 277. The fourth-order valence-corrected chi connectivity index (χ4v) is 1.70. The number of unbranched alkanes of at least 4 members (excludes halogenated alkanes) is 3. The van der Waals surface area contributed by atoms with Crippen LogP contribution in [0.1, 0.15) is 44.6 Å². The van der Waals surface area contributed by atoms with Gasteiger partial charge in [0.1, 0.15) is 5.78 Å². The van der Waals surface area contributed by atoms with Gasteiger partial charge in [0.2, 0.25) is 0 Å². The van der Waals surface area contributed by atoms with Gasteiger partial charge >= 0.3 is 0 Å². The molecule has 0 aromatic heterocycles. The lowest BCUT2D eigenvalue weighted by atomic mass is 10.1. The van der Waals surface area contributed by atoms with Gasteiger partial charge in [-0.25, -0.2) is 0 Å². The van der Waals surface area contributed by atoms with Crippen LogP contribution in [0.2, 0.25) is 0 Å². The molecule has 0 amide bonds. The number of hydrogen-bond donors (Lipinski definition) is 0. The van der Waals surface area contributed by atoms with E-state index in [1.165, 1.54) is 31.2 Å². The van der Waals surface area contributed by atoms with Crippen LogP contribution in [-0.2, 0) is 11.2 Å². The van der Waals surface area contributed by atoms with Crippen molar-refractivity contribution < 1.29 is 4.79 Å². The number of benzene rings is 1. The van der Waals surface area contributed by atoms with Crippen molar-refractivity contribution in [2.45, 2.75) is 45.4 Å². The first-order chi connectivity index (χ1) is 7.29. The Kier molecular flexibility index (Phi) is 5.76. The minimum Gasteiger partial charge on any atom is -0.300 e. The summed E-state index contributed by atoms with van der Waals surface area (Å²) in [4.78, 5) is 10.7. The molecule has 0 bridgehead atoms. The molecule has 1 nitrogen and oxygen atoms in total. The van der Waals surface area contributed by atoms with E-state index in [1.54, 1.807) is 6.92 Å². The second-order valence-electron chi connectivity index (χ2n) is 4.10. The van der Waals surface area contributed by atoms with Crippen molar-refractivity contribution in [2.75, 3.05) is 0 Å². The van der Waals surface area contributed by atoms with Gasteiger partial charge in [-0.15, -0.1) is 0 Å². The Hall–Kier alpha value is -1.11. The molecule has 0 heterocycles. The van der Waals surface area contributed by atoms with E-state index in [-0.39, 0.29) is 0 Å². The van der Waals surface area contributed by atoms with Gasteiger partial charge in [-0.1, -0.05) is 43.2 Å². The van der Waals surface area contributed by atoms with E-state index in [2.05, 4.69) is 30.3 Å². The quantitative estimate of drug-likeness (QED) is 0.618. The topological polar surface area (TPSA) is 17.1 Å². The first-order valence-corrected chi connectivity index (χ1v) is 5.82. The molecular weight excluding hydrogens is 184 g/mol. The smallest absolute Gasteiger partial charge is 0.129 e. The van der Waals surface area contributed by atoms with Crippen molar-refractivity contribution in [3.05, 3.63) is 35.9 Å². The summed E-state index contributed by atoms with van der Waals surface area (Å²) in [6.07, 6.45) is 6.65. The highest BCUT2D eigenvalue weighted by atomic mass is 16.1. The lowest BCUT2D eigenvalue weighted by molar-refractivity contribution is -0.117. The lowest BCUT2D eigenvalue weighted by Gasteiger charge is -2.01. The van der Waals surface area contributed by atoms with Gasteiger partial charge in [-0.3, -0.25) is 0 Å². The molecule has 1 aromatic rings. The predicted molar refractivity (Wildman–Crippen MR) is 63.9 cm³/mol. The van der Waals surface area contributed by atoms with Crippen LogP contribution in [0.15, 0.2) is 30.3 Å². The van der Waals surface area contributed by atoms with Crippen molar-refractivity contribution in [1.29, 1.82) is 0 Å². The second kappa shape index (κ2) is 7.22. The summed E-state index contributed by atoms with van der Waals surface area (Å²) in [6.45, 7) is 1.67. The van der Waals surface area contributed by atoms with Crippen LogP contribution in [0.5, 0.6) is 0 Å². The van der Waals surface area contributed by atoms with Crippen LogP contribution in [0, 0.1) is 0 Å². The molecule has 0 aliphatic rings. The lowest BCUT2D eigenvalue weighted by Crippen LogP contribution is -1.90. The first-order valence-electron chi connectivity index (χ1n) is 5.82. The molecule has 0 radical (unpaired) electrons. The van der Waals surface area contributed by atoms with Crippen LogP contribution >= 0.6 is 0 Å². The van der Waals surface area contributed by atoms with Crippen LogP contribution in [0.25, 0.3) is 0 Å². The Morgan fingerprint density at radius 2 is 1.67 bits per heavy atom. The van der Waals surface area contributed by atoms with Gasteiger partial charge in [0.15, 0.2) is 0 Å². The van der Waals surface area contributed by atoms with E-state index < -0.39 is 0 Å². The number of rotatable bonds is 7. The molecule has 82 valence electrons. The molecule has 0 saturated carbocycles. The maximum atomic E-state index is 10.7. The second-order valence-corrected chi connectivity index (χ2v) is 4.10. The standard InChI is InChI=1S/C14H20O/c1-13(15)9-5-2-3-6-10-14-11-7-4-8-12-14/h4,7-8,11-12H,2-3,5-6,9-10H2,1H3. The molecule has 0 unspecified atom stereocenters. The Morgan fingerprint density at radius 1 is 1.00 bits per heavy atom. The molecule has 0 aliphatic heterocycles. The minimum atomic E-state index is 0.318. The van der Waals surface area contributed by atoms with E-state index in [4.69, 9.17) is 0 Å². The number of Topliss-reactive ketones (excluding diaryl/α,β-unsaturated/α-hetero) is 1. The zero-order valence-corrected chi connectivity index (χ0v) is 9.54. The van der Waals surface area contributed by atoms with Crippen molar-refractivity contribution in [2.24, 2.45) is 0 Å².